The van der Waals surface area contributed by atoms with Crippen LogP contribution in [0.4, 0.5) is 0 Å². The minimum atomic E-state index is -3.41. The zero-order chi connectivity index (χ0) is 10.8. The van der Waals surface area contributed by atoms with E-state index in [0.717, 1.165) is 20.6 Å². The summed E-state index contributed by atoms with van der Waals surface area (Å²) in [4.78, 5) is 1.16. The van der Waals surface area contributed by atoms with Gasteiger partial charge in [-0.1, -0.05) is 6.92 Å². The second-order valence-corrected chi connectivity index (χ2v) is 6.93. The van der Waals surface area contributed by atoms with Crippen molar-refractivity contribution < 1.29 is 12.6 Å². The highest BCUT2D eigenvalue weighted by molar-refractivity contribution is 9.11. The Kier molecular flexibility index (Phi) is 4.12. The number of aryl methyl sites for hydroxylation is 1. The first-order chi connectivity index (χ1) is 6.48. The molecule has 0 saturated carbocycles. The molecule has 1 aromatic rings. The monoisotopic (exact) mass is 298 g/mol. The zero-order valence-electron chi connectivity index (χ0n) is 7.91. The molecule has 80 valence electrons. The Hall–Kier alpha value is 0.0900. The van der Waals surface area contributed by atoms with Crippen molar-refractivity contribution in [1.29, 1.82) is 0 Å². The maximum Gasteiger partial charge on any atom is 0.271 e. The van der Waals surface area contributed by atoms with Crippen LogP contribution in [-0.4, -0.2) is 15.5 Å². The van der Waals surface area contributed by atoms with Gasteiger partial charge in [0.15, 0.2) is 0 Å². The molecule has 6 heteroatoms. The molecule has 1 rings (SSSR count). The Morgan fingerprint density at radius 3 is 2.64 bits per heavy atom. The van der Waals surface area contributed by atoms with Gasteiger partial charge in [0.1, 0.15) is 5.75 Å². The third kappa shape index (κ3) is 3.05. The second-order valence-electron chi connectivity index (χ2n) is 2.73. The lowest BCUT2D eigenvalue weighted by atomic mass is 10.3. The molecular formula is C8H11BrO3S2. The van der Waals surface area contributed by atoms with Crippen molar-refractivity contribution in [2.75, 3.05) is 7.11 Å². The van der Waals surface area contributed by atoms with E-state index in [1.807, 2.05) is 13.0 Å². The second kappa shape index (κ2) is 4.74. The lowest BCUT2D eigenvalue weighted by Crippen LogP contribution is -2.05. The molecule has 1 heterocycles. The minimum absolute atomic E-state index is 0.0689. The number of hydrogen-bond donors (Lipinski definition) is 0. The summed E-state index contributed by atoms with van der Waals surface area (Å²) in [5.41, 5.74) is 0.772. The summed E-state index contributed by atoms with van der Waals surface area (Å²) >= 11 is 4.90. The Labute approximate surface area is 96.3 Å². The van der Waals surface area contributed by atoms with Crippen LogP contribution in [0.1, 0.15) is 17.4 Å². The largest absolute Gasteiger partial charge is 0.273 e. The van der Waals surface area contributed by atoms with Gasteiger partial charge in [0, 0.05) is 4.88 Å². The lowest BCUT2D eigenvalue weighted by Gasteiger charge is -1.98. The third-order valence-electron chi connectivity index (χ3n) is 1.74. The molecule has 14 heavy (non-hydrogen) atoms. The average Bonchev–Trinajstić information content (AvgIpc) is 2.47. The summed E-state index contributed by atoms with van der Waals surface area (Å²) in [5, 5.41) is 0. The molecule has 0 aromatic carbocycles. The highest BCUT2D eigenvalue weighted by Gasteiger charge is 2.14. The SMILES string of the molecule is CCc1cc(CS(=O)(=O)OC)c(Br)s1. The maximum absolute atomic E-state index is 11.2. The molecular weight excluding hydrogens is 288 g/mol. The van der Waals surface area contributed by atoms with Crippen LogP contribution in [0.3, 0.4) is 0 Å². The van der Waals surface area contributed by atoms with E-state index in [1.54, 1.807) is 11.3 Å². The summed E-state index contributed by atoms with van der Waals surface area (Å²) in [6.45, 7) is 2.03. The van der Waals surface area contributed by atoms with E-state index >= 15 is 0 Å². The van der Waals surface area contributed by atoms with Crippen LogP contribution in [0.5, 0.6) is 0 Å². The predicted molar refractivity (Wildman–Crippen MR) is 61.0 cm³/mol. The molecule has 0 bridgehead atoms. The lowest BCUT2D eigenvalue weighted by molar-refractivity contribution is 0.397. The molecule has 0 aliphatic rings. The topological polar surface area (TPSA) is 43.4 Å². The Morgan fingerprint density at radius 2 is 2.21 bits per heavy atom. The molecule has 0 aliphatic heterocycles. The quantitative estimate of drug-likeness (QED) is 0.803. The van der Waals surface area contributed by atoms with Gasteiger partial charge in [0.2, 0.25) is 0 Å². The van der Waals surface area contributed by atoms with Gasteiger partial charge >= 0.3 is 0 Å². The van der Waals surface area contributed by atoms with E-state index in [0.29, 0.717) is 0 Å². The number of hydrogen-bond acceptors (Lipinski definition) is 4. The summed E-state index contributed by atoms with van der Waals surface area (Å²) in [5.74, 6) is -0.0689. The first kappa shape index (κ1) is 12.2. The van der Waals surface area contributed by atoms with Gasteiger partial charge in [0.25, 0.3) is 10.1 Å². The number of thiophene rings is 1. The standard InChI is InChI=1S/C8H11BrO3S2/c1-3-7-4-6(8(9)13-7)5-14(10,11)12-2/h4H,3,5H2,1-2H3. The normalized spacial score (nSPS) is 11.9. The van der Waals surface area contributed by atoms with Crippen molar-refractivity contribution in [2.24, 2.45) is 0 Å². The van der Waals surface area contributed by atoms with Crippen LogP contribution in [-0.2, 0) is 26.5 Å². The van der Waals surface area contributed by atoms with Crippen LogP contribution in [0.2, 0.25) is 0 Å². The van der Waals surface area contributed by atoms with Crippen LogP contribution in [0.15, 0.2) is 9.85 Å². The Morgan fingerprint density at radius 1 is 1.57 bits per heavy atom. The fraction of sp³-hybridized carbons (Fsp3) is 0.500. The molecule has 0 saturated heterocycles. The average molecular weight is 299 g/mol. The highest BCUT2D eigenvalue weighted by Crippen LogP contribution is 2.29. The number of rotatable bonds is 4. The first-order valence-corrected chi connectivity index (χ1v) is 7.22. The van der Waals surface area contributed by atoms with Gasteiger partial charge in [-0.25, -0.2) is 0 Å². The smallest absolute Gasteiger partial charge is 0.271 e. The minimum Gasteiger partial charge on any atom is -0.273 e. The third-order valence-corrected chi connectivity index (χ3v) is 5.02. The van der Waals surface area contributed by atoms with Gasteiger partial charge in [0.05, 0.1) is 10.9 Å². The Bertz CT molecular complexity index is 408. The van der Waals surface area contributed by atoms with Crippen molar-refractivity contribution in [2.45, 2.75) is 19.1 Å². The van der Waals surface area contributed by atoms with Crippen LogP contribution < -0.4 is 0 Å². The fourth-order valence-corrected chi connectivity index (χ4v) is 3.70. The van der Waals surface area contributed by atoms with E-state index in [2.05, 4.69) is 20.1 Å². The maximum atomic E-state index is 11.2. The molecule has 1 aromatic heterocycles. The van der Waals surface area contributed by atoms with Gasteiger partial charge in [-0.15, -0.1) is 11.3 Å². The van der Waals surface area contributed by atoms with Crippen LogP contribution in [0, 0.1) is 0 Å². The molecule has 0 amide bonds. The molecule has 0 radical (unpaired) electrons. The van der Waals surface area contributed by atoms with Crippen LogP contribution >= 0.6 is 27.3 Å². The molecule has 0 atom stereocenters. The van der Waals surface area contributed by atoms with E-state index in [9.17, 15) is 8.42 Å². The van der Waals surface area contributed by atoms with E-state index in [-0.39, 0.29) is 5.75 Å². The highest BCUT2D eigenvalue weighted by atomic mass is 79.9. The van der Waals surface area contributed by atoms with E-state index in [4.69, 9.17) is 0 Å². The van der Waals surface area contributed by atoms with Crippen molar-refractivity contribution >= 4 is 37.4 Å². The molecule has 0 unspecified atom stereocenters. The van der Waals surface area contributed by atoms with Crippen molar-refractivity contribution in [3.63, 3.8) is 0 Å². The predicted octanol–water partition coefficient (Wildman–Crippen LogP) is 2.55. The van der Waals surface area contributed by atoms with Gasteiger partial charge in [-0.05, 0) is 34.0 Å². The van der Waals surface area contributed by atoms with Gasteiger partial charge in [-0.2, -0.15) is 8.42 Å². The van der Waals surface area contributed by atoms with Gasteiger partial charge < -0.3 is 0 Å². The number of halogens is 1. The first-order valence-electron chi connectivity index (χ1n) is 4.04. The van der Waals surface area contributed by atoms with Crippen LogP contribution in [0.25, 0.3) is 0 Å². The van der Waals surface area contributed by atoms with Crippen molar-refractivity contribution in [3.8, 4) is 0 Å². The van der Waals surface area contributed by atoms with Crippen molar-refractivity contribution in [3.05, 3.63) is 20.3 Å². The summed E-state index contributed by atoms with van der Waals surface area (Å²) in [6.07, 6.45) is 0.913. The molecule has 0 spiro atoms. The van der Waals surface area contributed by atoms with E-state index in [1.165, 1.54) is 7.11 Å². The Balaban J connectivity index is 2.92. The van der Waals surface area contributed by atoms with Crippen molar-refractivity contribution in [1.82, 2.24) is 0 Å². The fourth-order valence-electron chi connectivity index (χ4n) is 0.983. The summed E-state index contributed by atoms with van der Waals surface area (Å²) in [7, 11) is -2.24. The van der Waals surface area contributed by atoms with Gasteiger partial charge in [-0.3, -0.25) is 4.18 Å². The molecule has 3 nitrogen and oxygen atoms in total. The molecule has 0 fully saturated rings. The molecule has 0 aliphatic carbocycles. The van der Waals surface area contributed by atoms with E-state index < -0.39 is 10.1 Å². The molecule has 0 N–H and O–H groups in total. The summed E-state index contributed by atoms with van der Waals surface area (Å²) in [6, 6.07) is 1.89. The zero-order valence-corrected chi connectivity index (χ0v) is 11.1. The summed E-state index contributed by atoms with van der Waals surface area (Å²) < 4.78 is 27.6.